The van der Waals surface area contributed by atoms with Crippen LogP contribution in [0.4, 0.5) is 0 Å². The van der Waals surface area contributed by atoms with E-state index in [1.807, 2.05) is 22.7 Å². The molecule has 0 radical (unpaired) electrons. The monoisotopic (exact) mass is 450 g/mol. The van der Waals surface area contributed by atoms with Crippen LogP contribution in [0.25, 0.3) is 9.40 Å². The molecular formula is C17H24Br2S2. The number of rotatable bonds is 10. The molecule has 0 bridgehead atoms. The molecule has 0 aliphatic carbocycles. The molecule has 0 aliphatic heterocycles. The summed E-state index contributed by atoms with van der Waals surface area (Å²) in [5.74, 6) is 0. The van der Waals surface area contributed by atoms with Gasteiger partial charge in [0.2, 0.25) is 0 Å². The van der Waals surface area contributed by atoms with Crippen LogP contribution >= 0.6 is 54.5 Å². The molecule has 0 atom stereocenters. The van der Waals surface area contributed by atoms with Crippen molar-refractivity contribution in [2.45, 2.75) is 71.1 Å². The molecule has 0 N–H and O–H groups in total. The average Bonchev–Trinajstić information content (AvgIpc) is 2.99. The SMILES string of the molecule is CCCCCCCCCCCc1sc2c(Br)csc2c1Br. The van der Waals surface area contributed by atoms with Gasteiger partial charge in [-0.15, -0.1) is 22.7 Å². The summed E-state index contributed by atoms with van der Waals surface area (Å²) in [6.45, 7) is 2.28. The highest BCUT2D eigenvalue weighted by molar-refractivity contribution is 9.11. The third-order valence-electron chi connectivity index (χ3n) is 3.88. The third-order valence-corrected chi connectivity index (χ3v) is 8.88. The second-order valence-corrected chi connectivity index (χ2v) is 9.29. The molecule has 0 aromatic carbocycles. The van der Waals surface area contributed by atoms with Crippen molar-refractivity contribution in [3.8, 4) is 0 Å². The minimum absolute atomic E-state index is 1.23. The van der Waals surface area contributed by atoms with Gasteiger partial charge in [0.25, 0.3) is 0 Å². The van der Waals surface area contributed by atoms with Gasteiger partial charge in [-0.3, -0.25) is 0 Å². The van der Waals surface area contributed by atoms with Crippen LogP contribution in [0.1, 0.15) is 69.6 Å². The van der Waals surface area contributed by atoms with E-state index in [1.165, 1.54) is 87.4 Å². The molecule has 0 fully saturated rings. The van der Waals surface area contributed by atoms with Gasteiger partial charge in [0.05, 0.1) is 9.40 Å². The lowest BCUT2D eigenvalue weighted by molar-refractivity contribution is 0.565. The van der Waals surface area contributed by atoms with Gasteiger partial charge in [-0.1, -0.05) is 58.3 Å². The van der Waals surface area contributed by atoms with Crippen LogP contribution in [0.3, 0.4) is 0 Å². The Hall–Kier alpha value is 0.620. The van der Waals surface area contributed by atoms with Crippen LogP contribution in [-0.4, -0.2) is 0 Å². The van der Waals surface area contributed by atoms with Crippen molar-refractivity contribution in [2.75, 3.05) is 0 Å². The Bertz CT molecular complexity index is 542. The minimum atomic E-state index is 1.23. The molecular weight excluding hydrogens is 428 g/mol. The van der Waals surface area contributed by atoms with Gasteiger partial charge in [0.15, 0.2) is 0 Å². The Morgan fingerprint density at radius 2 is 1.48 bits per heavy atom. The van der Waals surface area contributed by atoms with E-state index in [1.54, 1.807) is 0 Å². The van der Waals surface area contributed by atoms with Gasteiger partial charge in [0, 0.05) is 19.2 Å². The number of aryl methyl sites for hydroxylation is 1. The van der Waals surface area contributed by atoms with Gasteiger partial charge in [-0.25, -0.2) is 0 Å². The first kappa shape index (κ1) is 18.0. The fourth-order valence-corrected chi connectivity index (χ4v) is 6.75. The van der Waals surface area contributed by atoms with Crippen molar-refractivity contribution in [3.05, 3.63) is 19.2 Å². The van der Waals surface area contributed by atoms with E-state index in [2.05, 4.69) is 44.2 Å². The highest BCUT2D eigenvalue weighted by Crippen LogP contribution is 2.44. The molecule has 2 heterocycles. The van der Waals surface area contributed by atoms with Gasteiger partial charge in [0.1, 0.15) is 0 Å². The van der Waals surface area contributed by atoms with Crippen molar-refractivity contribution in [1.82, 2.24) is 0 Å². The first-order valence-electron chi connectivity index (χ1n) is 8.08. The molecule has 0 nitrogen and oxygen atoms in total. The van der Waals surface area contributed by atoms with Crippen LogP contribution in [0.15, 0.2) is 14.3 Å². The molecule has 21 heavy (non-hydrogen) atoms. The van der Waals surface area contributed by atoms with Gasteiger partial charge < -0.3 is 0 Å². The van der Waals surface area contributed by atoms with E-state index < -0.39 is 0 Å². The van der Waals surface area contributed by atoms with E-state index in [9.17, 15) is 0 Å². The zero-order valence-corrected chi connectivity index (χ0v) is 17.5. The molecule has 0 amide bonds. The van der Waals surface area contributed by atoms with Crippen LogP contribution in [0.2, 0.25) is 0 Å². The summed E-state index contributed by atoms with van der Waals surface area (Å²) < 4.78 is 5.43. The predicted octanol–water partition coefficient (Wildman–Crippen LogP) is 8.56. The van der Waals surface area contributed by atoms with E-state index in [0.29, 0.717) is 0 Å². The normalized spacial score (nSPS) is 11.6. The Morgan fingerprint density at radius 1 is 0.857 bits per heavy atom. The summed E-state index contributed by atoms with van der Waals surface area (Å²) in [7, 11) is 0. The molecule has 118 valence electrons. The second kappa shape index (κ2) is 9.69. The molecule has 0 saturated carbocycles. The van der Waals surface area contributed by atoms with E-state index in [4.69, 9.17) is 0 Å². The quantitative estimate of drug-likeness (QED) is 0.317. The standard InChI is InChI=1S/C17H24Br2S2/c1-2-3-4-5-6-7-8-9-10-11-14-15(19)17-16(21-14)13(18)12-20-17/h12H,2-11H2,1H3. The first-order chi connectivity index (χ1) is 10.2. The van der Waals surface area contributed by atoms with Gasteiger partial charge >= 0.3 is 0 Å². The molecule has 4 heteroatoms. The maximum atomic E-state index is 3.78. The predicted molar refractivity (Wildman–Crippen MR) is 106 cm³/mol. The zero-order chi connectivity index (χ0) is 15.1. The number of thiophene rings is 2. The van der Waals surface area contributed by atoms with Gasteiger partial charge in [-0.2, -0.15) is 0 Å². The molecule has 2 aromatic heterocycles. The lowest BCUT2D eigenvalue weighted by atomic mass is 10.1. The van der Waals surface area contributed by atoms with Crippen molar-refractivity contribution in [3.63, 3.8) is 0 Å². The lowest BCUT2D eigenvalue weighted by Gasteiger charge is -2.02. The van der Waals surface area contributed by atoms with Crippen molar-refractivity contribution >= 4 is 63.9 Å². The van der Waals surface area contributed by atoms with Crippen molar-refractivity contribution in [2.24, 2.45) is 0 Å². The summed E-state index contributed by atoms with van der Waals surface area (Å²) in [6, 6.07) is 0. The van der Waals surface area contributed by atoms with Crippen molar-refractivity contribution < 1.29 is 0 Å². The Balaban J connectivity index is 1.63. The number of unbranched alkanes of at least 4 members (excludes halogenated alkanes) is 8. The molecule has 0 spiro atoms. The number of hydrogen-bond donors (Lipinski definition) is 0. The molecule has 2 rings (SSSR count). The van der Waals surface area contributed by atoms with E-state index in [0.717, 1.165) is 0 Å². The molecule has 0 saturated heterocycles. The Morgan fingerprint density at radius 3 is 2.10 bits per heavy atom. The van der Waals surface area contributed by atoms with E-state index in [-0.39, 0.29) is 0 Å². The van der Waals surface area contributed by atoms with Crippen molar-refractivity contribution in [1.29, 1.82) is 0 Å². The first-order valence-corrected chi connectivity index (χ1v) is 11.4. The van der Waals surface area contributed by atoms with Crippen LogP contribution in [-0.2, 0) is 6.42 Å². The minimum Gasteiger partial charge on any atom is -0.140 e. The van der Waals surface area contributed by atoms with Crippen LogP contribution < -0.4 is 0 Å². The molecule has 0 aliphatic rings. The summed E-state index contributed by atoms with van der Waals surface area (Å²) in [4.78, 5) is 1.53. The fourth-order valence-electron chi connectivity index (χ4n) is 2.62. The maximum absolute atomic E-state index is 3.78. The maximum Gasteiger partial charge on any atom is 0.0607 e. The van der Waals surface area contributed by atoms with Crippen LogP contribution in [0, 0.1) is 0 Å². The van der Waals surface area contributed by atoms with E-state index >= 15 is 0 Å². The third kappa shape index (κ3) is 5.33. The smallest absolute Gasteiger partial charge is 0.0607 e. The molecule has 0 unspecified atom stereocenters. The number of fused-ring (bicyclic) bond motifs is 1. The summed E-state index contributed by atoms with van der Waals surface area (Å²) in [5.41, 5.74) is 0. The number of hydrogen-bond acceptors (Lipinski definition) is 2. The number of halogens is 2. The molecule has 2 aromatic rings. The summed E-state index contributed by atoms with van der Waals surface area (Å²) in [6.07, 6.45) is 13.9. The van der Waals surface area contributed by atoms with Crippen LogP contribution in [0.5, 0.6) is 0 Å². The Kier molecular flexibility index (Phi) is 8.29. The average molecular weight is 452 g/mol. The highest BCUT2D eigenvalue weighted by atomic mass is 79.9. The second-order valence-electron chi connectivity index (χ2n) is 5.66. The largest absolute Gasteiger partial charge is 0.140 e. The highest BCUT2D eigenvalue weighted by Gasteiger charge is 2.13. The summed E-state index contributed by atoms with van der Waals surface area (Å²) in [5, 5.41) is 2.19. The topological polar surface area (TPSA) is 0 Å². The zero-order valence-electron chi connectivity index (χ0n) is 12.7. The fraction of sp³-hybridized carbons (Fsp3) is 0.647. The van der Waals surface area contributed by atoms with Gasteiger partial charge in [-0.05, 0) is 44.7 Å². The Labute approximate surface area is 153 Å². The summed E-state index contributed by atoms with van der Waals surface area (Å²) >= 11 is 11.2. The lowest BCUT2D eigenvalue weighted by Crippen LogP contribution is -1.84.